The van der Waals surface area contributed by atoms with Gasteiger partial charge in [0.25, 0.3) is 0 Å². The number of alkyl carbamates (subject to hydrolysis) is 1. The molecule has 0 aliphatic carbocycles. The van der Waals surface area contributed by atoms with E-state index in [1.165, 1.54) is 6.08 Å². The van der Waals surface area contributed by atoms with E-state index in [-0.39, 0.29) is 25.0 Å². The average molecular weight is 321 g/mol. The van der Waals surface area contributed by atoms with Gasteiger partial charge in [-0.3, -0.25) is 5.10 Å². The number of carboxylic acid groups (broad SMARTS) is 1. The Kier molecular flexibility index (Phi) is 5.96. The van der Waals surface area contributed by atoms with Gasteiger partial charge in [0, 0.05) is 5.56 Å². The molecule has 1 atom stereocenters. The first-order chi connectivity index (χ1) is 10.3. The lowest BCUT2D eigenvalue weighted by atomic mass is 10.1. The number of carbonyl (C=O) groups is 2. The second-order valence-electron chi connectivity index (χ2n) is 4.23. The fourth-order valence-corrected chi connectivity index (χ4v) is 1.62. The molecule has 1 aromatic heterocycles. The molecule has 0 saturated carbocycles. The number of rotatable bonds is 7. The van der Waals surface area contributed by atoms with E-state index in [1.807, 2.05) is 5.10 Å². The van der Waals surface area contributed by atoms with Gasteiger partial charge < -0.3 is 15.2 Å². The monoisotopic (exact) mass is 321 g/mol. The molecule has 3 N–H and O–H groups in total. The highest BCUT2D eigenvalue weighted by molar-refractivity contribution is 5.79. The van der Waals surface area contributed by atoms with Gasteiger partial charge in [-0.25, -0.2) is 9.59 Å². The molecule has 0 saturated heterocycles. The zero-order chi connectivity index (χ0) is 16.8. The van der Waals surface area contributed by atoms with E-state index in [0.29, 0.717) is 0 Å². The molecule has 0 bridgehead atoms. The molecule has 0 aromatic carbocycles. The van der Waals surface area contributed by atoms with Crippen LogP contribution in [0.3, 0.4) is 0 Å². The molecule has 122 valence electrons. The highest BCUT2D eigenvalue weighted by atomic mass is 19.4. The standard InChI is InChI=1S/C12H14F3N3O4/c1-2-5-22-11(21)17-8(10(19)20)4-3-7-6-16-18-9(7)12(13,14)15/h2,6,8H,1,3-5H2,(H,16,18)(H,17,21)(H,19,20). The van der Waals surface area contributed by atoms with Crippen LogP contribution in [0.4, 0.5) is 18.0 Å². The third-order valence-corrected chi connectivity index (χ3v) is 2.63. The van der Waals surface area contributed by atoms with Gasteiger partial charge in [-0.1, -0.05) is 12.7 Å². The van der Waals surface area contributed by atoms with Gasteiger partial charge >= 0.3 is 18.2 Å². The fourth-order valence-electron chi connectivity index (χ4n) is 1.62. The van der Waals surface area contributed by atoms with Crippen LogP contribution in [0.2, 0.25) is 0 Å². The van der Waals surface area contributed by atoms with E-state index in [4.69, 9.17) is 5.11 Å². The molecular weight excluding hydrogens is 307 g/mol. The van der Waals surface area contributed by atoms with Crippen molar-refractivity contribution in [2.24, 2.45) is 0 Å². The minimum Gasteiger partial charge on any atom is -0.480 e. The summed E-state index contributed by atoms with van der Waals surface area (Å²) >= 11 is 0. The minimum absolute atomic E-state index is 0.113. The predicted octanol–water partition coefficient (Wildman–Crippen LogP) is 1.73. The molecule has 7 nitrogen and oxygen atoms in total. The van der Waals surface area contributed by atoms with Crippen LogP contribution in [-0.2, 0) is 22.1 Å². The Morgan fingerprint density at radius 2 is 2.23 bits per heavy atom. The highest BCUT2D eigenvalue weighted by Crippen LogP contribution is 2.30. The van der Waals surface area contributed by atoms with E-state index >= 15 is 0 Å². The van der Waals surface area contributed by atoms with E-state index in [9.17, 15) is 22.8 Å². The Hall–Kier alpha value is -2.52. The summed E-state index contributed by atoms with van der Waals surface area (Å²) in [6.07, 6.45) is -3.82. The minimum atomic E-state index is -4.61. The van der Waals surface area contributed by atoms with Crippen molar-refractivity contribution in [2.75, 3.05) is 6.61 Å². The van der Waals surface area contributed by atoms with Crippen molar-refractivity contribution in [3.05, 3.63) is 30.1 Å². The van der Waals surface area contributed by atoms with E-state index in [1.54, 1.807) is 0 Å². The van der Waals surface area contributed by atoms with Crippen LogP contribution < -0.4 is 5.32 Å². The number of carbonyl (C=O) groups excluding carboxylic acids is 1. The highest BCUT2D eigenvalue weighted by Gasteiger charge is 2.35. The first-order valence-electron chi connectivity index (χ1n) is 6.12. The number of alkyl halides is 3. The maximum Gasteiger partial charge on any atom is 0.433 e. The molecular formula is C12H14F3N3O4. The number of aryl methyl sites for hydroxylation is 1. The topological polar surface area (TPSA) is 104 Å². The lowest BCUT2D eigenvalue weighted by Crippen LogP contribution is -2.41. The Labute approximate surface area is 123 Å². The summed E-state index contributed by atoms with van der Waals surface area (Å²) in [5.41, 5.74) is -1.22. The predicted molar refractivity (Wildman–Crippen MR) is 68.0 cm³/mol. The number of halogens is 3. The molecule has 1 amide bonds. The maximum atomic E-state index is 12.6. The molecule has 1 aromatic rings. The summed E-state index contributed by atoms with van der Waals surface area (Å²) in [7, 11) is 0. The van der Waals surface area contributed by atoms with Crippen molar-refractivity contribution in [1.82, 2.24) is 15.5 Å². The van der Waals surface area contributed by atoms with Crippen molar-refractivity contribution in [3.63, 3.8) is 0 Å². The first-order valence-corrected chi connectivity index (χ1v) is 6.12. The Morgan fingerprint density at radius 1 is 1.55 bits per heavy atom. The second-order valence-corrected chi connectivity index (χ2v) is 4.23. The third kappa shape index (κ3) is 5.11. The zero-order valence-corrected chi connectivity index (χ0v) is 11.3. The molecule has 1 heterocycles. The summed E-state index contributed by atoms with van der Waals surface area (Å²) in [4.78, 5) is 22.3. The molecule has 0 aliphatic heterocycles. The van der Waals surface area contributed by atoms with Crippen LogP contribution in [0, 0.1) is 0 Å². The van der Waals surface area contributed by atoms with Gasteiger partial charge in [0.1, 0.15) is 18.3 Å². The molecule has 1 rings (SSSR count). The van der Waals surface area contributed by atoms with E-state index in [0.717, 1.165) is 6.20 Å². The second kappa shape index (κ2) is 7.48. The van der Waals surface area contributed by atoms with Crippen molar-refractivity contribution in [3.8, 4) is 0 Å². The van der Waals surface area contributed by atoms with E-state index in [2.05, 4.69) is 21.7 Å². The van der Waals surface area contributed by atoms with Gasteiger partial charge in [-0.15, -0.1) is 0 Å². The first kappa shape index (κ1) is 17.5. The van der Waals surface area contributed by atoms with Crippen molar-refractivity contribution < 1.29 is 32.6 Å². The van der Waals surface area contributed by atoms with Crippen LogP contribution >= 0.6 is 0 Å². The lowest BCUT2D eigenvalue weighted by Gasteiger charge is -2.14. The fraction of sp³-hybridized carbons (Fsp3) is 0.417. The van der Waals surface area contributed by atoms with Crippen LogP contribution in [0.5, 0.6) is 0 Å². The zero-order valence-electron chi connectivity index (χ0n) is 11.3. The largest absolute Gasteiger partial charge is 0.480 e. The molecule has 10 heteroatoms. The van der Waals surface area contributed by atoms with Crippen LogP contribution in [0.25, 0.3) is 0 Å². The lowest BCUT2D eigenvalue weighted by molar-refractivity contribution is -0.141. The van der Waals surface area contributed by atoms with Gasteiger partial charge in [0.2, 0.25) is 0 Å². The maximum absolute atomic E-state index is 12.6. The molecule has 1 unspecified atom stereocenters. The Balaban J connectivity index is 2.66. The van der Waals surface area contributed by atoms with E-state index < -0.39 is 30.0 Å². The summed E-state index contributed by atoms with van der Waals surface area (Å²) in [5.74, 6) is -1.38. The number of amides is 1. The quantitative estimate of drug-likeness (QED) is 0.663. The number of aliphatic carboxylic acids is 1. The molecule has 0 spiro atoms. The molecule has 0 fully saturated rings. The van der Waals surface area contributed by atoms with Crippen molar-refractivity contribution >= 4 is 12.1 Å². The number of H-pyrrole nitrogens is 1. The summed E-state index contributed by atoms with van der Waals surface area (Å²) < 4.78 is 42.4. The number of aromatic amines is 1. The Morgan fingerprint density at radius 3 is 2.77 bits per heavy atom. The molecule has 0 aliphatic rings. The SMILES string of the molecule is C=CCOC(=O)NC(CCc1cn[nH]c1C(F)(F)F)C(=O)O. The van der Waals surface area contributed by atoms with Crippen molar-refractivity contribution in [1.29, 1.82) is 0 Å². The number of carboxylic acids is 1. The smallest absolute Gasteiger partial charge is 0.433 e. The average Bonchev–Trinajstić information content (AvgIpc) is 2.89. The van der Waals surface area contributed by atoms with Gasteiger partial charge in [0.05, 0.1) is 6.20 Å². The van der Waals surface area contributed by atoms with Crippen LogP contribution in [0.1, 0.15) is 17.7 Å². The number of ether oxygens (including phenoxy) is 1. The van der Waals surface area contributed by atoms with Gasteiger partial charge in [0.15, 0.2) is 0 Å². The number of hydrogen-bond donors (Lipinski definition) is 3. The Bertz CT molecular complexity index is 542. The number of nitrogens with one attached hydrogen (secondary N) is 2. The number of aromatic nitrogens is 2. The van der Waals surface area contributed by atoms with Crippen LogP contribution in [0.15, 0.2) is 18.9 Å². The van der Waals surface area contributed by atoms with Gasteiger partial charge in [-0.2, -0.15) is 18.3 Å². The molecule has 22 heavy (non-hydrogen) atoms. The normalized spacial score (nSPS) is 12.5. The number of nitrogens with zero attached hydrogens (tertiary/aromatic N) is 1. The third-order valence-electron chi connectivity index (χ3n) is 2.63. The summed E-state index contributed by atoms with van der Waals surface area (Å²) in [6, 6.07) is -1.38. The van der Waals surface area contributed by atoms with Crippen molar-refractivity contribution in [2.45, 2.75) is 25.1 Å². The summed E-state index contributed by atoms with van der Waals surface area (Å²) in [5, 5.41) is 16.1. The van der Waals surface area contributed by atoms with Gasteiger partial charge in [-0.05, 0) is 12.8 Å². The van der Waals surface area contributed by atoms with Crippen LogP contribution in [-0.4, -0.2) is 40.0 Å². The molecule has 0 radical (unpaired) electrons. The summed E-state index contributed by atoms with van der Waals surface area (Å²) in [6.45, 7) is 3.20. The number of hydrogen-bond acceptors (Lipinski definition) is 4.